The van der Waals surface area contributed by atoms with Crippen LogP contribution in [-0.4, -0.2) is 28.9 Å². The van der Waals surface area contributed by atoms with Gasteiger partial charge in [-0.2, -0.15) is 0 Å². The quantitative estimate of drug-likeness (QED) is 0.439. The number of rotatable bonds is 4. The molecule has 0 aliphatic heterocycles. The molecular weight excluding hydrogens is 282 g/mol. The smallest absolute Gasteiger partial charge is 0.201 e. The molecule has 2 aromatic carbocycles. The van der Waals surface area contributed by atoms with Crippen LogP contribution in [0.4, 0.5) is 0 Å². The van der Waals surface area contributed by atoms with Crippen molar-refractivity contribution in [2.75, 3.05) is 13.7 Å². The molecule has 1 heterocycles. The summed E-state index contributed by atoms with van der Waals surface area (Å²) in [6, 6.07) is 8.83. The van der Waals surface area contributed by atoms with E-state index in [2.05, 4.69) is 11.6 Å². The fraction of sp³-hybridized carbons (Fsp3) is 0.118. The van der Waals surface area contributed by atoms with Crippen LogP contribution in [-0.2, 0) is 0 Å². The number of aromatic nitrogens is 1. The maximum Gasteiger partial charge on any atom is 0.201 e. The van der Waals surface area contributed by atoms with E-state index in [4.69, 9.17) is 9.47 Å². The van der Waals surface area contributed by atoms with Crippen molar-refractivity contribution in [3.05, 3.63) is 43.0 Å². The Morgan fingerprint density at radius 2 is 1.95 bits per heavy atom. The molecule has 2 N–H and O–H groups in total. The summed E-state index contributed by atoms with van der Waals surface area (Å²) in [5, 5.41) is 21.3. The number of pyridine rings is 1. The number of ether oxygens (including phenoxy) is 2. The van der Waals surface area contributed by atoms with E-state index >= 15 is 0 Å². The maximum atomic E-state index is 10.1. The van der Waals surface area contributed by atoms with E-state index in [1.54, 1.807) is 18.2 Å². The number of nitrogens with zero attached hydrogens (tertiary/aromatic N) is 1. The van der Waals surface area contributed by atoms with Gasteiger partial charge in [0.05, 0.1) is 18.1 Å². The van der Waals surface area contributed by atoms with Crippen LogP contribution in [0.3, 0.4) is 0 Å². The normalized spacial score (nSPS) is 10.8. The summed E-state index contributed by atoms with van der Waals surface area (Å²) in [6.45, 7) is 4.02. The van der Waals surface area contributed by atoms with Gasteiger partial charge in [-0.25, -0.2) is 4.98 Å². The first-order valence-corrected chi connectivity index (χ1v) is 6.71. The number of phenolic OH excluding ortho intramolecular Hbond substituents is 2. The highest BCUT2D eigenvalue weighted by Crippen LogP contribution is 2.42. The Kier molecular flexibility index (Phi) is 3.47. The van der Waals surface area contributed by atoms with Crippen LogP contribution in [0, 0.1) is 0 Å². The van der Waals surface area contributed by atoms with Crippen LogP contribution in [0.1, 0.15) is 0 Å². The zero-order valence-electron chi connectivity index (χ0n) is 12.0. The Balaban J connectivity index is 2.22. The molecule has 0 radical (unpaired) electrons. The SMILES string of the molecule is C=CCOc1ccc2nc3cc(OC)c(O)c(O)c3cc2c1. The molecule has 0 bridgehead atoms. The fourth-order valence-corrected chi connectivity index (χ4v) is 2.31. The summed E-state index contributed by atoms with van der Waals surface area (Å²) in [5.74, 6) is 0.324. The predicted molar refractivity (Wildman–Crippen MR) is 84.8 cm³/mol. The van der Waals surface area contributed by atoms with Crippen LogP contribution >= 0.6 is 0 Å². The minimum Gasteiger partial charge on any atom is -0.504 e. The van der Waals surface area contributed by atoms with Crippen LogP contribution in [0.25, 0.3) is 21.8 Å². The number of hydrogen-bond acceptors (Lipinski definition) is 5. The predicted octanol–water partition coefficient (Wildman–Crippen LogP) is 3.37. The molecule has 3 aromatic rings. The minimum absolute atomic E-state index is 0.183. The molecule has 112 valence electrons. The number of aromatic hydroxyl groups is 2. The van der Waals surface area contributed by atoms with Gasteiger partial charge in [-0.1, -0.05) is 12.7 Å². The molecule has 0 unspecified atom stereocenters. The van der Waals surface area contributed by atoms with Gasteiger partial charge in [0.2, 0.25) is 5.75 Å². The van der Waals surface area contributed by atoms with Gasteiger partial charge in [0.1, 0.15) is 12.4 Å². The van der Waals surface area contributed by atoms with Gasteiger partial charge in [0, 0.05) is 16.8 Å². The second-order valence-electron chi connectivity index (χ2n) is 4.79. The number of fused-ring (bicyclic) bond motifs is 2. The summed E-state index contributed by atoms with van der Waals surface area (Å²) in [4.78, 5) is 4.48. The van der Waals surface area contributed by atoms with Crippen molar-refractivity contribution in [3.8, 4) is 23.0 Å². The Bertz CT molecular complexity index is 874. The molecule has 0 saturated carbocycles. The van der Waals surface area contributed by atoms with Gasteiger partial charge < -0.3 is 19.7 Å². The highest BCUT2D eigenvalue weighted by atomic mass is 16.5. The average Bonchev–Trinajstić information content (AvgIpc) is 2.54. The van der Waals surface area contributed by atoms with Gasteiger partial charge in [0.25, 0.3) is 0 Å². The zero-order valence-corrected chi connectivity index (χ0v) is 12.0. The van der Waals surface area contributed by atoms with Crippen molar-refractivity contribution in [2.24, 2.45) is 0 Å². The first-order chi connectivity index (χ1) is 10.6. The number of hydrogen-bond donors (Lipinski definition) is 2. The van der Waals surface area contributed by atoms with Gasteiger partial charge in [-0.05, 0) is 24.3 Å². The van der Waals surface area contributed by atoms with Crippen molar-refractivity contribution in [1.82, 2.24) is 4.98 Å². The van der Waals surface area contributed by atoms with Gasteiger partial charge >= 0.3 is 0 Å². The Labute approximate surface area is 127 Å². The van der Waals surface area contributed by atoms with Crippen molar-refractivity contribution in [1.29, 1.82) is 0 Å². The molecule has 1 aromatic heterocycles. The van der Waals surface area contributed by atoms with E-state index in [1.807, 2.05) is 18.2 Å². The molecule has 0 atom stereocenters. The Hall–Kier alpha value is -2.95. The molecule has 5 heteroatoms. The van der Waals surface area contributed by atoms with Crippen molar-refractivity contribution < 1.29 is 19.7 Å². The lowest BCUT2D eigenvalue weighted by Gasteiger charge is -2.10. The summed E-state index contributed by atoms with van der Waals surface area (Å²) in [6.07, 6.45) is 1.67. The zero-order chi connectivity index (χ0) is 15.7. The van der Waals surface area contributed by atoms with Gasteiger partial charge in [-0.3, -0.25) is 0 Å². The Morgan fingerprint density at radius 1 is 1.14 bits per heavy atom. The van der Waals surface area contributed by atoms with Gasteiger partial charge in [-0.15, -0.1) is 0 Å². The molecule has 22 heavy (non-hydrogen) atoms. The molecule has 0 fully saturated rings. The maximum absolute atomic E-state index is 10.1. The van der Waals surface area contributed by atoms with Crippen molar-refractivity contribution in [2.45, 2.75) is 0 Å². The van der Waals surface area contributed by atoms with Crippen molar-refractivity contribution >= 4 is 21.8 Å². The van der Waals surface area contributed by atoms with Crippen molar-refractivity contribution in [3.63, 3.8) is 0 Å². The van der Waals surface area contributed by atoms with E-state index in [0.717, 1.165) is 10.9 Å². The number of benzene rings is 2. The summed E-state index contributed by atoms with van der Waals surface area (Å²) >= 11 is 0. The first kappa shape index (κ1) is 14.0. The largest absolute Gasteiger partial charge is 0.504 e. The highest BCUT2D eigenvalue weighted by molar-refractivity contribution is 5.98. The van der Waals surface area contributed by atoms with E-state index in [9.17, 15) is 10.2 Å². The van der Waals surface area contributed by atoms with Crippen LogP contribution in [0.2, 0.25) is 0 Å². The van der Waals surface area contributed by atoms with E-state index in [0.29, 0.717) is 23.3 Å². The number of phenols is 2. The highest BCUT2D eigenvalue weighted by Gasteiger charge is 2.14. The monoisotopic (exact) mass is 297 g/mol. The molecule has 3 rings (SSSR count). The second-order valence-corrected chi connectivity index (χ2v) is 4.79. The van der Waals surface area contributed by atoms with Crippen LogP contribution in [0.15, 0.2) is 43.0 Å². The van der Waals surface area contributed by atoms with Gasteiger partial charge in [0.15, 0.2) is 11.5 Å². The molecule has 0 aliphatic rings. The third kappa shape index (κ3) is 2.26. The second kappa shape index (κ2) is 5.44. The lowest BCUT2D eigenvalue weighted by atomic mass is 10.1. The molecule has 0 aliphatic carbocycles. The fourth-order valence-electron chi connectivity index (χ4n) is 2.31. The molecule has 5 nitrogen and oxygen atoms in total. The first-order valence-electron chi connectivity index (χ1n) is 6.71. The molecule has 0 spiro atoms. The molecule has 0 saturated heterocycles. The third-order valence-corrected chi connectivity index (χ3v) is 3.38. The summed E-state index contributed by atoms with van der Waals surface area (Å²) < 4.78 is 10.5. The minimum atomic E-state index is -0.296. The van der Waals surface area contributed by atoms with E-state index in [1.165, 1.54) is 7.11 Å². The topological polar surface area (TPSA) is 71.8 Å². The molecule has 0 amide bonds. The third-order valence-electron chi connectivity index (χ3n) is 3.38. The average molecular weight is 297 g/mol. The lowest BCUT2D eigenvalue weighted by Crippen LogP contribution is -1.93. The lowest BCUT2D eigenvalue weighted by molar-refractivity contribution is 0.353. The standard InChI is InChI=1S/C17H15NO4/c1-3-6-22-11-4-5-13-10(7-11)8-12-14(18-13)9-15(21-2)17(20)16(12)19/h3-5,7-9,19-20H,1,6H2,2H3. The van der Waals surface area contributed by atoms with E-state index < -0.39 is 0 Å². The molecular formula is C17H15NO4. The Morgan fingerprint density at radius 3 is 2.68 bits per heavy atom. The van der Waals surface area contributed by atoms with E-state index in [-0.39, 0.29) is 17.2 Å². The summed E-state index contributed by atoms with van der Waals surface area (Å²) in [7, 11) is 1.42. The van der Waals surface area contributed by atoms with Crippen LogP contribution in [0.5, 0.6) is 23.0 Å². The number of methoxy groups -OCH3 is 1. The summed E-state index contributed by atoms with van der Waals surface area (Å²) in [5.41, 5.74) is 1.30. The van der Waals surface area contributed by atoms with Crippen LogP contribution < -0.4 is 9.47 Å².